The van der Waals surface area contributed by atoms with E-state index >= 15 is 0 Å². The number of rotatable bonds is 7. The molecule has 2 rings (SSSR count). The average Bonchev–Trinajstić information content (AvgIpc) is 2.82. The van der Waals surface area contributed by atoms with Gasteiger partial charge >= 0.3 is 5.97 Å². The first-order valence-corrected chi connectivity index (χ1v) is 9.20. The van der Waals surface area contributed by atoms with Crippen LogP contribution in [-0.2, 0) is 11.3 Å². The van der Waals surface area contributed by atoms with Gasteiger partial charge in [0.05, 0.1) is 16.3 Å². The van der Waals surface area contributed by atoms with Crippen molar-refractivity contribution in [3.8, 4) is 0 Å². The number of halogens is 1. The molecule has 0 fully saturated rings. The summed E-state index contributed by atoms with van der Waals surface area (Å²) in [6, 6.07) is 5.67. The van der Waals surface area contributed by atoms with Crippen LogP contribution >= 0.6 is 35.1 Å². The molecule has 0 saturated carbocycles. The Morgan fingerprint density at radius 1 is 1.52 bits per heavy atom. The number of nitrogens with zero attached hydrogens (tertiary/aromatic N) is 2. The van der Waals surface area contributed by atoms with Crippen LogP contribution < -0.4 is 0 Å². The molecular weight excluding hydrogens is 328 g/mol. The van der Waals surface area contributed by atoms with E-state index in [1.165, 1.54) is 11.8 Å². The Morgan fingerprint density at radius 3 is 2.95 bits per heavy atom. The Balaban J connectivity index is 2.35. The monoisotopic (exact) mass is 344 g/mol. The third-order valence-electron chi connectivity index (χ3n) is 3.18. The summed E-state index contributed by atoms with van der Waals surface area (Å²) in [6.45, 7) is 2.99. The number of hydrogen-bond acceptors (Lipinski definition) is 4. The van der Waals surface area contributed by atoms with Crippen LogP contribution in [0.3, 0.4) is 0 Å². The number of para-hydroxylation sites is 1. The van der Waals surface area contributed by atoms with Gasteiger partial charge in [0.1, 0.15) is 5.52 Å². The summed E-state index contributed by atoms with van der Waals surface area (Å²) in [5.74, 6) is -0.846. The fourth-order valence-electron chi connectivity index (χ4n) is 1.97. The highest BCUT2D eigenvalue weighted by molar-refractivity contribution is 7.99. The van der Waals surface area contributed by atoms with Crippen molar-refractivity contribution >= 4 is 52.1 Å². The van der Waals surface area contributed by atoms with Gasteiger partial charge in [0, 0.05) is 11.8 Å². The van der Waals surface area contributed by atoms with Gasteiger partial charge in [0.15, 0.2) is 5.16 Å². The number of carboxylic acid groups (broad SMARTS) is 1. The van der Waals surface area contributed by atoms with Crippen LogP contribution in [0.5, 0.6) is 0 Å². The van der Waals surface area contributed by atoms with Crippen LogP contribution in [0.25, 0.3) is 11.0 Å². The van der Waals surface area contributed by atoms with E-state index in [-0.39, 0.29) is 5.75 Å². The minimum absolute atomic E-state index is 0.000970. The molecule has 0 aliphatic rings. The number of carboxylic acids is 1. The lowest BCUT2D eigenvalue weighted by molar-refractivity contribution is -0.133. The molecule has 0 aliphatic heterocycles. The molecule has 1 aromatic heterocycles. The molecule has 0 aliphatic carbocycles. The highest BCUT2D eigenvalue weighted by Crippen LogP contribution is 2.29. The molecule has 1 heterocycles. The largest absolute Gasteiger partial charge is 0.481 e. The topological polar surface area (TPSA) is 55.1 Å². The van der Waals surface area contributed by atoms with Crippen LogP contribution in [0.15, 0.2) is 23.4 Å². The highest BCUT2D eigenvalue weighted by Gasteiger charge is 2.15. The van der Waals surface area contributed by atoms with Gasteiger partial charge in [-0.25, -0.2) is 4.98 Å². The number of hydrogen-bond donors (Lipinski definition) is 1. The van der Waals surface area contributed by atoms with E-state index in [0.29, 0.717) is 15.4 Å². The van der Waals surface area contributed by atoms with Crippen molar-refractivity contribution in [1.82, 2.24) is 9.55 Å². The van der Waals surface area contributed by atoms with E-state index in [2.05, 4.69) is 22.7 Å². The van der Waals surface area contributed by atoms with Gasteiger partial charge in [-0.2, -0.15) is 11.8 Å². The van der Waals surface area contributed by atoms with Crippen molar-refractivity contribution in [3.05, 3.63) is 23.2 Å². The number of fused-ring (bicyclic) bond motifs is 1. The molecule has 0 spiro atoms. The fourth-order valence-corrected chi connectivity index (χ4v) is 3.28. The van der Waals surface area contributed by atoms with E-state index in [1.54, 1.807) is 6.07 Å². The number of thioether (sulfide) groups is 2. The van der Waals surface area contributed by atoms with Crippen molar-refractivity contribution in [2.75, 3.05) is 12.0 Å². The second kappa shape index (κ2) is 7.42. The second-order valence-electron chi connectivity index (χ2n) is 4.67. The molecular formula is C14H17ClN2O2S2. The van der Waals surface area contributed by atoms with Crippen molar-refractivity contribution in [2.45, 2.75) is 30.3 Å². The van der Waals surface area contributed by atoms with Gasteiger partial charge in [0.25, 0.3) is 0 Å². The fraction of sp³-hybridized carbons (Fsp3) is 0.429. The Hall–Kier alpha value is -0.850. The molecule has 7 heteroatoms. The Bertz CT molecular complexity index is 645. The molecule has 114 valence electrons. The van der Waals surface area contributed by atoms with Crippen LogP contribution in [0.1, 0.15) is 13.3 Å². The molecule has 4 nitrogen and oxygen atoms in total. The minimum Gasteiger partial charge on any atom is -0.481 e. The number of imidazole rings is 1. The Morgan fingerprint density at radius 2 is 2.29 bits per heavy atom. The summed E-state index contributed by atoms with van der Waals surface area (Å²) in [6.07, 6.45) is 3.09. The van der Waals surface area contributed by atoms with Gasteiger partial charge in [-0.15, -0.1) is 0 Å². The molecule has 0 saturated heterocycles. The van der Waals surface area contributed by atoms with Crippen molar-refractivity contribution in [2.24, 2.45) is 0 Å². The third-order valence-corrected chi connectivity index (χ3v) is 5.49. The van der Waals surface area contributed by atoms with E-state index < -0.39 is 5.97 Å². The molecule has 2 aromatic rings. The normalized spacial score (nSPS) is 12.7. The number of aromatic nitrogens is 2. The first-order chi connectivity index (χ1) is 10.0. The maximum Gasteiger partial charge on any atom is 0.313 e. The zero-order valence-corrected chi connectivity index (χ0v) is 14.3. The predicted octanol–water partition coefficient (Wildman–Crippen LogP) is 4.01. The van der Waals surface area contributed by atoms with Crippen molar-refractivity contribution in [3.63, 3.8) is 0 Å². The molecule has 1 aromatic carbocycles. The molecule has 0 bridgehead atoms. The van der Waals surface area contributed by atoms with Crippen LogP contribution in [0.4, 0.5) is 0 Å². The van der Waals surface area contributed by atoms with Crippen molar-refractivity contribution < 1.29 is 9.90 Å². The van der Waals surface area contributed by atoms with E-state index in [0.717, 1.165) is 24.0 Å². The Labute approximate surface area is 137 Å². The maximum absolute atomic E-state index is 10.8. The maximum atomic E-state index is 10.8. The lowest BCUT2D eigenvalue weighted by Crippen LogP contribution is -2.07. The predicted molar refractivity (Wildman–Crippen MR) is 90.7 cm³/mol. The van der Waals surface area contributed by atoms with Gasteiger partial charge in [-0.05, 0) is 24.8 Å². The molecule has 0 amide bonds. The van der Waals surface area contributed by atoms with Crippen LogP contribution in [-0.4, -0.2) is 37.9 Å². The van der Waals surface area contributed by atoms with Gasteiger partial charge in [-0.3, -0.25) is 4.79 Å². The summed E-state index contributed by atoms with van der Waals surface area (Å²) in [5, 5.41) is 10.7. The Kier molecular flexibility index (Phi) is 5.84. The smallest absolute Gasteiger partial charge is 0.313 e. The number of aliphatic carboxylic acids is 1. The first kappa shape index (κ1) is 16.5. The lowest BCUT2D eigenvalue weighted by atomic mass is 10.3. The van der Waals surface area contributed by atoms with E-state index in [4.69, 9.17) is 16.7 Å². The molecule has 0 radical (unpaired) electrons. The zero-order valence-electron chi connectivity index (χ0n) is 11.9. The summed E-state index contributed by atoms with van der Waals surface area (Å²) >= 11 is 9.24. The SMILES string of the molecule is CSC(C)CCn1c(SCC(=O)O)nc2c(Cl)cccc21. The third kappa shape index (κ3) is 4.08. The number of aryl methyl sites for hydroxylation is 1. The minimum atomic E-state index is -0.845. The second-order valence-corrected chi connectivity index (χ2v) is 7.30. The van der Waals surface area contributed by atoms with E-state index in [1.807, 2.05) is 23.9 Å². The molecule has 1 N–H and O–H groups in total. The van der Waals surface area contributed by atoms with E-state index in [9.17, 15) is 4.79 Å². The summed E-state index contributed by atoms with van der Waals surface area (Å²) in [5.41, 5.74) is 1.70. The summed E-state index contributed by atoms with van der Waals surface area (Å²) in [4.78, 5) is 15.3. The van der Waals surface area contributed by atoms with Crippen molar-refractivity contribution in [1.29, 1.82) is 0 Å². The zero-order chi connectivity index (χ0) is 15.4. The molecule has 1 atom stereocenters. The standard InChI is InChI=1S/C14H17ClN2O2S2/c1-9(20-2)6-7-17-11-5-3-4-10(15)13(11)16-14(17)21-8-12(18)19/h3-5,9H,6-8H2,1-2H3,(H,18,19). The van der Waals surface area contributed by atoms with Gasteiger partial charge in [-0.1, -0.05) is 36.4 Å². The van der Waals surface area contributed by atoms with Crippen LogP contribution in [0, 0.1) is 0 Å². The average molecular weight is 345 g/mol. The van der Waals surface area contributed by atoms with Gasteiger partial charge < -0.3 is 9.67 Å². The summed E-state index contributed by atoms with van der Waals surface area (Å²) < 4.78 is 2.07. The molecule has 21 heavy (non-hydrogen) atoms. The first-order valence-electron chi connectivity index (χ1n) is 6.55. The summed E-state index contributed by atoms with van der Waals surface area (Å²) in [7, 11) is 0. The quantitative estimate of drug-likeness (QED) is 0.769. The lowest BCUT2D eigenvalue weighted by Gasteiger charge is -2.11. The van der Waals surface area contributed by atoms with Crippen LogP contribution in [0.2, 0.25) is 5.02 Å². The van der Waals surface area contributed by atoms with Gasteiger partial charge in [0.2, 0.25) is 0 Å². The number of carbonyl (C=O) groups is 1. The number of benzene rings is 1. The molecule has 1 unspecified atom stereocenters. The highest BCUT2D eigenvalue weighted by atomic mass is 35.5.